The molecular weight excluding hydrogens is 229 g/mol. The van der Waals surface area contributed by atoms with Crippen LogP contribution in [0, 0.1) is 11.7 Å². The van der Waals surface area contributed by atoms with Crippen LogP contribution in [0.25, 0.3) is 0 Å². The van der Waals surface area contributed by atoms with Gasteiger partial charge >= 0.3 is 0 Å². The highest BCUT2D eigenvalue weighted by molar-refractivity contribution is 5.19. The second kappa shape index (κ2) is 5.36. The molecule has 3 heteroatoms. The molecule has 0 bridgehead atoms. The zero-order valence-electron chi connectivity index (χ0n) is 10.7. The van der Waals surface area contributed by atoms with Gasteiger partial charge in [-0.15, -0.1) is 0 Å². The Balaban J connectivity index is 2.11. The number of benzene rings is 1. The standard InChI is InChI=1S/C15H18FNO/c1-11(2)15(18)13-6-7-17(10-13)9-12-4-3-5-14(16)8-12/h3-8,10-11,15,18H,9H2,1-2H3. The van der Waals surface area contributed by atoms with Crippen molar-refractivity contribution < 1.29 is 9.50 Å². The van der Waals surface area contributed by atoms with Gasteiger partial charge < -0.3 is 9.67 Å². The van der Waals surface area contributed by atoms with Crippen LogP contribution in [0.2, 0.25) is 0 Å². The number of hydrogen-bond acceptors (Lipinski definition) is 1. The van der Waals surface area contributed by atoms with Gasteiger partial charge in [0.15, 0.2) is 0 Å². The van der Waals surface area contributed by atoms with Crippen LogP contribution in [0.15, 0.2) is 42.7 Å². The minimum absolute atomic E-state index is 0.190. The Morgan fingerprint density at radius 3 is 2.72 bits per heavy atom. The molecule has 1 N–H and O–H groups in total. The highest BCUT2D eigenvalue weighted by Gasteiger charge is 2.12. The molecular formula is C15H18FNO. The Kier molecular flexibility index (Phi) is 3.82. The molecule has 0 saturated carbocycles. The first-order valence-electron chi connectivity index (χ1n) is 6.14. The van der Waals surface area contributed by atoms with Gasteiger partial charge in [0.25, 0.3) is 0 Å². The molecule has 0 aliphatic heterocycles. The number of aromatic nitrogens is 1. The molecule has 0 amide bonds. The average molecular weight is 247 g/mol. The molecule has 2 nitrogen and oxygen atoms in total. The lowest BCUT2D eigenvalue weighted by molar-refractivity contribution is 0.127. The zero-order valence-corrected chi connectivity index (χ0v) is 10.7. The third-order valence-electron chi connectivity index (χ3n) is 3.00. The number of hydrogen-bond donors (Lipinski definition) is 1. The third kappa shape index (κ3) is 2.99. The number of rotatable bonds is 4. The molecule has 2 rings (SSSR count). The molecule has 0 aliphatic carbocycles. The van der Waals surface area contributed by atoms with Gasteiger partial charge in [-0.05, 0) is 35.2 Å². The van der Waals surface area contributed by atoms with E-state index in [-0.39, 0.29) is 11.7 Å². The summed E-state index contributed by atoms with van der Waals surface area (Å²) in [6.45, 7) is 4.58. The molecule has 18 heavy (non-hydrogen) atoms. The van der Waals surface area contributed by atoms with E-state index >= 15 is 0 Å². The van der Waals surface area contributed by atoms with Crippen molar-refractivity contribution in [2.75, 3.05) is 0 Å². The van der Waals surface area contributed by atoms with Crippen LogP contribution >= 0.6 is 0 Å². The van der Waals surface area contributed by atoms with Crippen LogP contribution in [0.5, 0.6) is 0 Å². The van der Waals surface area contributed by atoms with Crippen molar-refractivity contribution in [3.05, 3.63) is 59.7 Å². The normalized spacial score (nSPS) is 12.9. The number of nitrogens with zero attached hydrogens (tertiary/aromatic N) is 1. The smallest absolute Gasteiger partial charge is 0.123 e. The minimum Gasteiger partial charge on any atom is -0.388 e. The summed E-state index contributed by atoms with van der Waals surface area (Å²) in [4.78, 5) is 0. The van der Waals surface area contributed by atoms with Crippen LogP contribution in [0.1, 0.15) is 31.1 Å². The molecule has 1 aromatic carbocycles. The summed E-state index contributed by atoms with van der Waals surface area (Å²) < 4.78 is 15.0. The monoisotopic (exact) mass is 247 g/mol. The fourth-order valence-electron chi connectivity index (χ4n) is 1.96. The molecule has 0 spiro atoms. The number of halogens is 1. The highest BCUT2D eigenvalue weighted by Crippen LogP contribution is 2.21. The van der Waals surface area contributed by atoms with E-state index in [1.807, 2.05) is 42.9 Å². The predicted octanol–water partition coefficient (Wildman–Crippen LogP) is 3.36. The summed E-state index contributed by atoms with van der Waals surface area (Å²) >= 11 is 0. The fraction of sp³-hybridized carbons (Fsp3) is 0.333. The Hall–Kier alpha value is -1.61. The van der Waals surface area contributed by atoms with Gasteiger partial charge in [-0.2, -0.15) is 0 Å². The SMILES string of the molecule is CC(C)C(O)c1ccn(Cc2cccc(F)c2)c1. The van der Waals surface area contributed by atoms with Crippen LogP contribution in [-0.4, -0.2) is 9.67 Å². The van der Waals surface area contributed by atoms with Crippen molar-refractivity contribution in [1.29, 1.82) is 0 Å². The van der Waals surface area contributed by atoms with Crippen molar-refractivity contribution in [2.24, 2.45) is 5.92 Å². The van der Waals surface area contributed by atoms with Gasteiger partial charge in [-0.1, -0.05) is 26.0 Å². The van der Waals surface area contributed by atoms with Crippen molar-refractivity contribution in [3.63, 3.8) is 0 Å². The molecule has 1 heterocycles. The van der Waals surface area contributed by atoms with E-state index in [0.717, 1.165) is 11.1 Å². The maximum absolute atomic E-state index is 13.1. The molecule has 2 aromatic rings. The van der Waals surface area contributed by atoms with E-state index in [2.05, 4.69) is 0 Å². The summed E-state index contributed by atoms with van der Waals surface area (Å²) in [5, 5.41) is 9.95. The van der Waals surface area contributed by atoms with Crippen molar-refractivity contribution in [2.45, 2.75) is 26.5 Å². The average Bonchev–Trinajstić information content (AvgIpc) is 2.76. The molecule has 1 aromatic heterocycles. The predicted molar refractivity (Wildman–Crippen MR) is 69.7 cm³/mol. The Morgan fingerprint density at radius 2 is 2.06 bits per heavy atom. The molecule has 0 saturated heterocycles. The van der Waals surface area contributed by atoms with E-state index in [4.69, 9.17) is 0 Å². The largest absolute Gasteiger partial charge is 0.388 e. The summed E-state index contributed by atoms with van der Waals surface area (Å²) in [6.07, 6.45) is 3.38. The molecule has 0 aliphatic rings. The van der Waals surface area contributed by atoms with Crippen molar-refractivity contribution in [1.82, 2.24) is 4.57 Å². The lowest BCUT2D eigenvalue weighted by atomic mass is 10.0. The Labute approximate surface area is 107 Å². The van der Waals surface area contributed by atoms with Gasteiger partial charge in [0.05, 0.1) is 6.10 Å². The first-order chi connectivity index (χ1) is 8.56. The molecule has 1 unspecified atom stereocenters. The van der Waals surface area contributed by atoms with Crippen LogP contribution < -0.4 is 0 Å². The van der Waals surface area contributed by atoms with Gasteiger partial charge in [0.1, 0.15) is 5.82 Å². The summed E-state index contributed by atoms with van der Waals surface area (Å²) in [5.74, 6) is -0.0304. The van der Waals surface area contributed by atoms with Gasteiger partial charge in [-0.25, -0.2) is 4.39 Å². The van der Waals surface area contributed by atoms with E-state index in [0.29, 0.717) is 6.54 Å². The fourth-order valence-corrected chi connectivity index (χ4v) is 1.96. The maximum atomic E-state index is 13.1. The summed E-state index contributed by atoms with van der Waals surface area (Å²) in [6, 6.07) is 8.47. The Morgan fingerprint density at radius 1 is 1.28 bits per heavy atom. The maximum Gasteiger partial charge on any atom is 0.123 e. The molecule has 0 radical (unpaired) electrons. The van der Waals surface area contributed by atoms with Gasteiger partial charge in [0, 0.05) is 18.9 Å². The van der Waals surface area contributed by atoms with Crippen LogP contribution in [0.4, 0.5) is 4.39 Å². The number of aliphatic hydroxyl groups excluding tert-OH is 1. The number of aliphatic hydroxyl groups is 1. The Bertz CT molecular complexity index is 519. The van der Waals surface area contributed by atoms with Gasteiger partial charge in [0.2, 0.25) is 0 Å². The van der Waals surface area contributed by atoms with Crippen LogP contribution in [-0.2, 0) is 6.54 Å². The second-order valence-electron chi connectivity index (χ2n) is 4.94. The van der Waals surface area contributed by atoms with E-state index in [1.165, 1.54) is 12.1 Å². The minimum atomic E-state index is -0.446. The van der Waals surface area contributed by atoms with E-state index < -0.39 is 6.10 Å². The van der Waals surface area contributed by atoms with Crippen LogP contribution in [0.3, 0.4) is 0 Å². The van der Waals surface area contributed by atoms with Crippen molar-refractivity contribution in [3.8, 4) is 0 Å². The highest BCUT2D eigenvalue weighted by atomic mass is 19.1. The summed E-state index contributed by atoms with van der Waals surface area (Å²) in [5.41, 5.74) is 1.82. The first-order valence-corrected chi connectivity index (χ1v) is 6.14. The van der Waals surface area contributed by atoms with E-state index in [1.54, 1.807) is 6.07 Å². The lowest BCUT2D eigenvalue weighted by Gasteiger charge is -2.12. The lowest BCUT2D eigenvalue weighted by Crippen LogP contribution is -2.04. The van der Waals surface area contributed by atoms with Gasteiger partial charge in [-0.3, -0.25) is 0 Å². The topological polar surface area (TPSA) is 25.2 Å². The molecule has 96 valence electrons. The quantitative estimate of drug-likeness (QED) is 0.880. The zero-order chi connectivity index (χ0) is 13.1. The molecule has 1 atom stereocenters. The van der Waals surface area contributed by atoms with Crippen molar-refractivity contribution >= 4 is 0 Å². The summed E-state index contributed by atoms with van der Waals surface area (Å²) in [7, 11) is 0. The van der Waals surface area contributed by atoms with E-state index in [9.17, 15) is 9.50 Å². The third-order valence-corrected chi connectivity index (χ3v) is 3.00. The molecule has 0 fully saturated rings. The first kappa shape index (κ1) is 12.8. The second-order valence-corrected chi connectivity index (χ2v) is 4.94.